The van der Waals surface area contributed by atoms with E-state index in [4.69, 9.17) is 15.2 Å². The maximum atomic E-state index is 11.2. The van der Waals surface area contributed by atoms with E-state index in [9.17, 15) is 4.79 Å². The first-order chi connectivity index (χ1) is 11.7. The maximum Gasteiger partial charge on any atom is 0.250 e. The van der Waals surface area contributed by atoms with Gasteiger partial charge >= 0.3 is 0 Å². The third-order valence-electron chi connectivity index (χ3n) is 4.53. The molecule has 1 amide bonds. The zero-order valence-corrected chi connectivity index (χ0v) is 13.3. The molecule has 1 atom stereocenters. The Bertz CT molecular complexity index is 761. The summed E-state index contributed by atoms with van der Waals surface area (Å²) in [6, 6.07) is 9.96. The van der Waals surface area contributed by atoms with Crippen molar-refractivity contribution >= 4 is 11.7 Å². The third kappa shape index (κ3) is 2.64. The van der Waals surface area contributed by atoms with Crippen LogP contribution in [0.4, 0.5) is 5.82 Å². The lowest BCUT2D eigenvalue weighted by Gasteiger charge is -2.27. The molecule has 6 heteroatoms. The molecule has 0 saturated carbocycles. The van der Waals surface area contributed by atoms with Crippen LogP contribution in [0.25, 0.3) is 0 Å². The van der Waals surface area contributed by atoms with Gasteiger partial charge in [0.1, 0.15) is 19.0 Å². The van der Waals surface area contributed by atoms with Gasteiger partial charge in [0, 0.05) is 12.7 Å². The van der Waals surface area contributed by atoms with E-state index in [1.54, 1.807) is 6.07 Å². The van der Waals surface area contributed by atoms with Crippen molar-refractivity contribution in [1.82, 2.24) is 4.98 Å². The van der Waals surface area contributed by atoms with E-state index in [2.05, 4.69) is 22.0 Å². The average Bonchev–Trinajstić information content (AvgIpc) is 3.11. The molecule has 4 rings (SSSR count). The number of rotatable bonds is 3. The summed E-state index contributed by atoms with van der Waals surface area (Å²) in [6.45, 7) is 2.11. The average molecular weight is 325 g/mol. The lowest BCUT2D eigenvalue weighted by molar-refractivity contribution is 0.1000. The number of primary amides is 1. The number of nitrogens with two attached hydrogens (primary N) is 1. The summed E-state index contributed by atoms with van der Waals surface area (Å²) < 4.78 is 11.3. The standard InChI is InChI=1S/C18H19N3O3/c19-18(22)13-4-6-17(20-11-13)21-7-1-2-14(21)12-3-5-15-16(10-12)24-9-8-23-15/h3-6,10-11,14H,1-2,7-9H2,(H2,19,22)/t14-/m0/s1. The molecule has 0 aliphatic carbocycles. The molecule has 2 aliphatic heterocycles. The van der Waals surface area contributed by atoms with Crippen molar-refractivity contribution in [2.45, 2.75) is 18.9 Å². The Morgan fingerprint density at radius 1 is 1.17 bits per heavy atom. The molecule has 1 saturated heterocycles. The molecule has 1 aromatic heterocycles. The normalized spacial score (nSPS) is 19.3. The number of hydrogen-bond acceptors (Lipinski definition) is 5. The molecule has 0 bridgehead atoms. The summed E-state index contributed by atoms with van der Waals surface area (Å²) in [7, 11) is 0. The zero-order chi connectivity index (χ0) is 16.5. The lowest BCUT2D eigenvalue weighted by atomic mass is 10.0. The summed E-state index contributed by atoms with van der Waals surface area (Å²) in [5, 5.41) is 0. The minimum Gasteiger partial charge on any atom is -0.486 e. The second kappa shape index (κ2) is 6.03. The van der Waals surface area contributed by atoms with Gasteiger partial charge in [0.25, 0.3) is 0 Å². The van der Waals surface area contributed by atoms with E-state index in [0.717, 1.165) is 36.7 Å². The monoisotopic (exact) mass is 325 g/mol. The van der Waals surface area contributed by atoms with E-state index in [1.807, 2.05) is 12.1 Å². The van der Waals surface area contributed by atoms with Crippen molar-refractivity contribution < 1.29 is 14.3 Å². The zero-order valence-electron chi connectivity index (χ0n) is 13.3. The van der Waals surface area contributed by atoms with E-state index < -0.39 is 5.91 Å². The van der Waals surface area contributed by atoms with Crippen LogP contribution in [0.15, 0.2) is 36.5 Å². The van der Waals surface area contributed by atoms with Gasteiger partial charge in [-0.15, -0.1) is 0 Å². The van der Waals surface area contributed by atoms with Crippen LogP contribution in [0.5, 0.6) is 11.5 Å². The second-order valence-corrected chi connectivity index (χ2v) is 6.02. The van der Waals surface area contributed by atoms with Crippen LogP contribution < -0.4 is 20.1 Å². The SMILES string of the molecule is NC(=O)c1ccc(N2CCC[C@H]2c2ccc3c(c2)OCCO3)nc1. The van der Waals surface area contributed by atoms with E-state index in [0.29, 0.717) is 18.8 Å². The predicted octanol–water partition coefficient (Wildman–Crippen LogP) is 2.29. The molecule has 2 aliphatic rings. The third-order valence-corrected chi connectivity index (χ3v) is 4.53. The van der Waals surface area contributed by atoms with E-state index in [1.165, 1.54) is 11.8 Å². The fraction of sp³-hybridized carbons (Fsp3) is 0.333. The van der Waals surface area contributed by atoms with Crippen molar-refractivity contribution in [3.63, 3.8) is 0 Å². The number of pyridine rings is 1. The van der Waals surface area contributed by atoms with E-state index in [-0.39, 0.29) is 6.04 Å². The van der Waals surface area contributed by atoms with Crippen molar-refractivity contribution in [2.75, 3.05) is 24.7 Å². The largest absolute Gasteiger partial charge is 0.486 e. The van der Waals surface area contributed by atoms with Crippen LogP contribution in [0.2, 0.25) is 0 Å². The molecule has 1 aromatic carbocycles. The van der Waals surface area contributed by atoms with Gasteiger partial charge in [-0.1, -0.05) is 6.07 Å². The summed E-state index contributed by atoms with van der Waals surface area (Å²) in [6.07, 6.45) is 3.69. The highest BCUT2D eigenvalue weighted by atomic mass is 16.6. The fourth-order valence-corrected chi connectivity index (χ4v) is 3.36. The van der Waals surface area contributed by atoms with Gasteiger partial charge in [-0.3, -0.25) is 4.79 Å². The van der Waals surface area contributed by atoms with Gasteiger partial charge in [0.2, 0.25) is 5.91 Å². The Balaban J connectivity index is 1.61. The summed E-state index contributed by atoms with van der Waals surface area (Å²) in [5.74, 6) is 2.01. The number of hydrogen-bond donors (Lipinski definition) is 1. The van der Waals surface area contributed by atoms with Crippen molar-refractivity contribution in [1.29, 1.82) is 0 Å². The van der Waals surface area contributed by atoms with Crippen LogP contribution in [0.3, 0.4) is 0 Å². The number of ether oxygens (including phenoxy) is 2. The molecule has 124 valence electrons. The molecule has 24 heavy (non-hydrogen) atoms. The predicted molar refractivity (Wildman–Crippen MR) is 89.5 cm³/mol. The molecule has 2 N–H and O–H groups in total. The van der Waals surface area contributed by atoms with Gasteiger partial charge in [0.05, 0.1) is 11.6 Å². The van der Waals surface area contributed by atoms with E-state index >= 15 is 0 Å². The lowest BCUT2D eigenvalue weighted by Crippen LogP contribution is -2.24. The molecule has 0 unspecified atom stereocenters. The molecule has 0 spiro atoms. The number of nitrogens with zero attached hydrogens (tertiary/aromatic N) is 2. The highest BCUT2D eigenvalue weighted by Crippen LogP contribution is 2.39. The summed E-state index contributed by atoms with van der Waals surface area (Å²) in [4.78, 5) is 17.9. The first-order valence-corrected chi connectivity index (χ1v) is 8.14. The minimum atomic E-state index is -0.459. The molecule has 1 fully saturated rings. The van der Waals surface area contributed by atoms with Gasteiger partial charge in [-0.05, 0) is 42.7 Å². The number of amides is 1. The van der Waals surface area contributed by atoms with Crippen LogP contribution in [0.1, 0.15) is 34.8 Å². The topological polar surface area (TPSA) is 77.7 Å². The molecule has 2 aromatic rings. The first-order valence-electron chi connectivity index (χ1n) is 8.14. The van der Waals surface area contributed by atoms with Gasteiger partial charge in [0.15, 0.2) is 11.5 Å². The van der Waals surface area contributed by atoms with Gasteiger partial charge in [-0.25, -0.2) is 4.98 Å². The fourth-order valence-electron chi connectivity index (χ4n) is 3.36. The molecule has 0 radical (unpaired) electrons. The molecular formula is C18H19N3O3. The van der Waals surface area contributed by atoms with Gasteiger partial charge in [-0.2, -0.15) is 0 Å². The first kappa shape index (κ1) is 14.8. The van der Waals surface area contributed by atoms with Crippen molar-refractivity contribution in [3.05, 3.63) is 47.7 Å². The van der Waals surface area contributed by atoms with Gasteiger partial charge < -0.3 is 20.1 Å². The Morgan fingerprint density at radius 3 is 2.75 bits per heavy atom. The minimum absolute atomic E-state index is 0.243. The number of carbonyl (C=O) groups is 1. The Hall–Kier alpha value is -2.76. The Morgan fingerprint density at radius 2 is 2.00 bits per heavy atom. The molecular weight excluding hydrogens is 306 g/mol. The summed E-state index contributed by atoms with van der Waals surface area (Å²) in [5.41, 5.74) is 6.90. The number of fused-ring (bicyclic) bond motifs is 1. The quantitative estimate of drug-likeness (QED) is 0.937. The Kier molecular flexibility index (Phi) is 3.72. The summed E-state index contributed by atoms with van der Waals surface area (Å²) >= 11 is 0. The smallest absolute Gasteiger partial charge is 0.250 e. The highest BCUT2D eigenvalue weighted by molar-refractivity contribution is 5.92. The number of aromatic nitrogens is 1. The Labute approximate surface area is 140 Å². The van der Waals surface area contributed by atoms with Crippen LogP contribution >= 0.6 is 0 Å². The van der Waals surface area contributed by atoms with Crippen LogP contribution in [0, 0.1) is 0 Å². The number of carbonyl (C=O) groups excluding carboxylic acids is 1. The molecule has 6 nitrogen and oxygen atoms in total. The van der Waals surface area contributed by atoms with Crippen LogP contribution in [-0.2, 0) is 0 Å². The maximum absolute atomic E-state index is 11.2. The highest BCUT2D eigenvalue weighted by Gasteiger charge is 2.28. The van der Waals surface area contributed by atoms with Crippen molar-refractivity contribution in [3.8, 4) is 11.5 Å². The number of benzene rings is 1. The molecule has 3 heterocycles. The van der Waals surface area contributed by atoms with Crippen LogP contribution in [-0.4, -0.2) is 30.6 Å². The number of anilines is 1. The second-order valence-electron chi connectivity index (χ2n) is 6.02. The van der Waals surface area contributed by atoms with Crippen molar-refractivity contribution in [2.24, 2.45) is 5.73 Å².